The van der Waals surface area contributed by atoms with Crippen LogP contribution >= 0.6 is 0 Å². The summed E-state index contributed by atoms with van der Waals surface area (Å²) in [4.78, 5) is 14.4. The Hall–Kier alpha value is -0.680. The van der Waals surface area contributed by atoms with Crippen molar-refractivity contribution in [1.82, 2.24) is 4.90 Å². The Kier molecular flexibility index (Phi) is 3.45. The van der Waals surface area contributed by atoms with Crippen LogP contribution in [0, 0.1) is 23.2 Å². The van der Waals surface area contributed by atoms with Gasteiger partial charge in [-0.3, -0.25) is 4.79 Å². The number of rotatable bonds is 5. The molecule has 4 aliphatic rings. The highest BCUT2D eigenvalue weighted by atomic mass is 19.1. The molecule has 2 atom stereocenters. The second-order valence-electron chi connectivity index (χ2n) is 7.52. The summed E-state index contributed by atoms with van der Waals surface area (Å²) < 4.78 is 24.5. The van der Waals surface area contributed by atoms with Crippen molar-refractivity contribution in [2.75, 3.05) is 39.5 Å². The molecule has 2 heterocycles. The molecule has 21 heavy (non-hydrogen) atoms. The molecule has 0 radical (unpaired) electrons. The van der Waals surface area contributed by atoms with Crippen molar-refractivity contribution >= 4 is 5.91 Å². The molecular weight excluding hydrogens is 273 g/mol. The second-order valence-corrected chi connectivity index (χ2v) is 7.52. The summed E-state index contributed by atoms with van der Waals surface area (Å²) in [6.07, 6.45) is 2.66. The van der Waals surface area contributed by atoms with Gasteiger partial charge in [-0.15, -0.1) is 0 Å². The van der Waals surface area contributed by atoms with Crippen LogP contribution in [-0.4, -0.2) is 56.5 Å². The SMILES string of the molecule is O=C(C1CC(F)C1)N1C[C@@H]2COC[C@]2(COCC2CC2)C1. The molecule has 0 aromatic carbocycles. The van der Waals surface area contributed by atoms with Gasteiger partial charge in [0.05, 0.1) is 19.8 Å². The first-order chi connectivity index (χ1) is 10.2. The van der Waals surface area contributed by atoms with E-state index in [-0.39, 0.29) is 17.2 Å². The molecule has 2 saturated heterocycles. The minimum atomic E-state index is -0.764. The van der Waals surface area contributed by atoms with Crippen LogP contribution in [0.4, 0.5) is 4.39 Å². The fourth-order valence-electron chi connectivity index (χ4n) is 3.93. The van der Waals surface area contributed by atoms with E-state index in [9.17, 15) is 9.18 Å². The summed E-state index contributed by atoms with van der Waals surface area (Å²) in [5.41, 5.74) is -0.0105. The van der Waals surface area contributed by atoms with Gasteiger partial charge in [0.15, 0.2) is 0 Å². The molecule has 2 aliphatic carbocycles. The molecule has 0 aromatic heterocycles. The minimum absolute atomic E-state index is 0.0105. The van der Waals surface area contributed by atoms with Crippen molar-refractivity contribution in [2.24, 2.45) is 23.2 Å². The van der Waals surface area contributed by atoms with E-state index in [4.69, 9.17) is 9.47 Å². The number of fused-ring (bicyclic) bond motifs is 1. The third-order valence-corrected chi connectivity index (χ3v) is 5.70. The van der Waals surface area contributed by atoms with Crippen LogP contribution in [0.1, 0.15) is 25.7 Å². The van der Waals surface area contributed by atoms with E-state index in [1.54, 1.807) is 0 Å². The third kappa shape index (κ3) is 2.59. The van der Waals surface area contributed by atoms with Crippen molar-refractivity contribution in [3.8, 4) is 0 Å². The van der Waals surface area contributed by atoms with Crippen LogP contribution in [0.2, 0.25) is 0 Å². The Morgan fingerprint density at radius 3 is 2.90 bits per heavy atom. The highest BCUT2D eigenvalue weighted by Gasteiger charge is 2.53. The topological polar surface area (TPSA) is 38.8 Å². The molecule has 4 rings (SSSR count). The fraction of sp³-hybridized carbons (Fsp3) is 0.938. The van der Waals surface area contributed by atoms with Crippen molar-refractivity contribution in [2.45, 2.75) is 31.9 Å². The number of hydrogen-bond donors (Lipinski definition) is 0. The van der Waals surface area contributed by atoms with Gasteiger partial charge in [0.25, 0.3) is 0 Å². The van der Waals surface area contributed by atoms with Crippen LogP contribution in [0.15, 0.2) is 0 Å². The average Bonchev–Trinajstić information content (AvgIpc) is 3.05. The lowest BCUT2D eigenvalue weighted by molar-refractivity contribution is -0.140. The van der Waals surface area contributed by atoms with Crippen molar-refractivity contribution in [1.29, 1.82) is 0 Å². The number of carbonyl (C=O) groups excluding carboxylic acids is 1. The lowest BCUT2D eigenvalue weighted by Crippen LogP contribution is -2.43. The first kappa shape index (κ1) is 13.9. The summed E-state index contributed by atoms with van der Waals surface area (Å²) in [5, 5.41) is 0. The van der Waals surface area contributed by atoms with E-state index in [1.165, 1.54) is 12.8 Å². The quantitative estimate of drug-likeness (QED) is 0.774. The molecule has 0 unspecified atom stereocenters. The third-order valence-electron chi connectivity index (χ3n) is 5.70. The number of ether oxygens (including phenoxy) is 2. The zero-order valence-corrected chi connectivity index (χ0v) is 12.4. The van der Waals surface area contributed by atoms with Crippen molar-refractivity contribution in [3.05, 3.63) is 0 Å². The molecule has 0 bridgehead atoms. The molecule has 4 nitrogen and oxygen atoms in total. The number of amides is 1. The van der Waals surface area contributed by atoms with Gasteiger partial charge in [-0.25, -0.2) is 4.39 Å². The Balaban J connectivity index is 1.35. The van der Waals surface area contributed by atoms with Crippen LogP contribution in [0.25, 0.3) is 0 Å². The van der Waals surface area contributed by atoms with Crippen molar-refractivity contribution < 1.29 is 18.7 Å². The van der Waals surface area contributed by atoms with E-state index in [0.29, 0.717) is 32.0 Å². The number of nitrogens with zero attached hydrogens (tertiary/aromatic N) is 1. The van der Waals surface area contributed by atoms with Gasteiger partial charge in [0.1, 0.15) is 6.17 Å². The van der Waals surface area contributed by atoms with E-state index in [0.717, 1.165) is 32.2 Å². The predicted octanol–water partition coefficient (Wildman–Crippen LogP) is 1.64. The molecule has 5 heteroatoms. The highest BCUT2D eigenvalue weighted by molar-refractivity contribution is 5.80. The number of likely N-dealkylation sites (tertiary alicyclic amines) is 1. The smallest absolute Gasteiger partial charge is 0.225 e. The molecule has 2 saturated carbocycles. The maximum absolute atomic E-state index is 13.0. The van der Waals surface area contributed by atoms with Crippen molar-refractivity contribution in [3.63, 3.8) is 0 Å². The molecule has 0 spiro atoms. The second kappa shape index (κ2) is 5.20. The monoisotopic (exact) mass is 297 g/mol. The van der Waals surface area contributed by atoms with Crippen LogP contribution in [-0.2, 0) is 14.3 Å². The predicted molar refractivity (Wildman–Crippen MR) is 74.5 cm³/mol. The van der Waals surface area contributed by atoms with Crippen LogP contribution in [0.5, 0.6) is 0 Å². The first-order valence-corrected chi connectivity index (χ1v) is 8.25. The highest BCUT2D eigenvalue weighted by Crippen LogP contribution is 2.43. The summed E-state index contributed by atoms with van der Waals surface area (Å²) >= 11 is 0. The Labute approximate surface area is 125 Å². The van der Waals surface area contributed by atoms with Gasteiger partial charge in [0, 0.05) is 36.9 Å². The molecule has 4 fully saturated rings. The lowest BCUT2D eigenvalue weighted by Gasteiger charge is -2.33. The van der Waals surface area contributed by atoms with Gasteiger partial charge in [-0.05, 0) is 31.6 Å². The minimum Gasteiger partial charge on any atom is -0.380 e. The van der Waals surface area contributed by atoms with Gasteiger partial charge < -0.3 is 14.4 Å². The first-order valence-electron chi connectivity index (χ1n) is 8.25. The maximum Gasteiger partial charge on any atom is 0.225 e. The van der Waals surface area contributed by atoms with Gasteiger partial charge in [-0.1, -0.05) is 0 Å². The Bertz CT molecular complexity index is 422. The Morgan fingerprint density at radius 2 is 2.19 bits per heavy atom. The summed E-state index contributed by atoms with van der Waals surface area (Å²) in [5.74, 6) is 1.23. The average molecular weight is 297 g/mol. The molecule has 118 valence electrons. The van der Waals surface area contributed by atoms with Crippen LogP contribution in [0.3, 0.4) is 0 Å². The maximum atomic E-state index is 13.0. The largest absolute Gasteiger partial charge is 0.380 e. The van der Waals surface area contributed by atoms with Gasteiger partial charge >= 0.3 is 0 Å². The normalized spacial score (nSPS) is 42.0. The van der Waals surface area contributed by atoms with Gasteiger partial charge in [0.2, 0.25) is 5.91 Å². The summed E-state index contributed by atoms with van der Waals surface area (Å²) in [6, 6.07) is 0. The van der Waals surface area contributed by atoms with E-state index >= 15 is 0 Å². The molecule has 2 aliphatic heterocycles. The Morgan fingerprint density at radius 1 is 1.38 bits per heavy atom. The zero-order chi connectivity index (χ0) is 14.4. The standard InChI is InChI=1S/C16H24FNO3/c17-14-3-12(4-14)15(19)18-5-13-7-21-10-16(13,8-18)9-20-6-11-1-2-11/h11-14H,1-10H2/t12?,13-,14?,16-/m1/s1. The summed E-state index contributed by atoms with van der Waals surface area (Å²) in [6.45, 7) is 4.48. The van der Waals surface area contributed by atoms with E-state index in [1.807, 2.05) is 4.90 Å². The van der Waals surface area contributed by atoms with Crippen LogP contribution < -0.4 is 0 Å². The number of hydrogen-bond acceptors (Lipinski definition) is 3. The summed E-state index contributed by atoms with van der Waals surface area (Å²) in [7, 11) is 0. The molecule has 0 aromatic rings. The van der Waals surface area contributed by atoms with E-state index in [2.05, 4.69) is 0 Å². The molecule has 0 N–H and O–H groups in total. The fourth-order valence-corrected chi connectivity index (χ4v) is 3.93. The number of carbonyl (C=O) groups is 1. The molecular formula is C16H24FNO3. The van der Waals surface area contributed by atoms with E-state index < -0.39 is 6.17 Å². The lowest BCUT2D eigenvalue weighted by atomic mass is 9.81. The van der Waals surface area contributed by atoms with Gasteiger partial charge in [-0.2, -0.15) is 0 Å². The zero-order valence-electron chi connectivity index (χ0n) is 12.4. The number of halogens is 1. The number of alkyl halides is 1. The molecule has 1 amide bonds.